The van der Waals surface area contributed by atoms with Crippen LogP contribution in [0.15, 0.2) is 42.5 Å². The lowest BCUT2D eigenvalue weighted by atomic mass is 10.1. The van der Waals surface area contributed by atoms with Crippen molar-refractivity contribution in [2.45, 2.75) is 13.8 Å². The van der Waals surface area contributed by atoms with Crippen LogP contribution in [0.5, 0.6) is 0 Å². The van der Waals surface area contributed by atoms with Gasteiger partial charge in [-0.25, -0.2) is 0 Å². The van der Waals surface area contributed by atoms with Gasteiger partial charge in [-0.15, -0.1) is 0 Å². The molecule has 0 N–H and O–H groups in total. The molecule has 0 fully saturated rings. The van der Waals surface area contributed by atoms with Gasteiger partial charge in [0.2, 0.25) is 0 Å². The third kappa shape index (κ3) is 2.09. The minimum Gasteiger partial charge on any atom is -0.0988 e. The smallest absolute Gasteiger partial charge is 0.0225 e. The quantitative estimate of drug-likeness (QED) is 0.577. The minimum atomic E-state index is 1.20. The zero-order chi connectivity index (χ0) is 8.97. The van der Waals surface area contributed by atoms with Crippen molar-refractivity contribution in [2.24, 2.45) is 0 Å². The zero-order valence-electron chi connectivity index (χ0n) is 7.67. The SMILES string of the molecule is C=C/C(C)=C/c1ccccc1C. The second-order valence-electron chi connectivity index (χ2n) is 2.95. The van der Waals surface area contributed by atoms with Crippen LogP contribution in [-0.4, -0.2) is 0 Å². The number of benzene rings is 1. The summed E-state index contributed by atoms with van der Waals surface area (Å²) in [5.74, 6) is 0. The number of hydrogen-bond donors (Lipinski definition) is 0. The summed E-state index contributed by atoms with van der Waals surface area (Å²) in [6.45, 7) is 7.89. The number of aryl methyl sites for hydroxylation is 1. The van der Waals surface area contributed by atoms with Crippen molar-refractivity contribution in [3.05, 3.63) is 53.6 Å². The highest BCUT2D eigenvalue weighted by atomic mass is 14.0. The van der Waals surface area contributed by atoms with Crippen molar-refractivity contribution >= 4 is 6.08 Å². The Labute approximate surface area is 74.2 Å². The van der Waals surface area contributed by atoms with Gasteiger partial charge in [0.05, 0.1) is 0 Å². The first kappa shape index (κ1) is 8.79. The molecule has 0 spiro atoms. The molecule has 0 aliphatic carbocycles. The molecule has 0 saturated carbocycles. The molecular weight excluding hydrogens is 144 g/mol. The summed E-state index contributed by atoms with van der Waals surface area (Å²) in [5.41, 5.74) is 3.78. The van der Waals surface area contributed by atoms with E-state index in [1.54, 1.807) is 0 Å². The first-order valence-corrected chi connectivity index (χ1v) is 4.10. The van der Waals surface area contributed by atoms with Crippen LogP contribution in [0.4, 0.5) is 0 Å². The first-order chi connectivity index (χ1) is 5.74. The Balaban J connectivity index is 3.04. The molecule has 1 rings (SSSR count). The first-order valence-electron chi connectivity index (χ1n) is 4.10. The standard InChI is InChI=1S/C12H14/c1-4-10(2)9-12-8-6-5-7-11(12)3/h4-9H,1H2,2-3H3/b10-9+. The van der Waals surface area contributed by atoms with Crippen molar-refractivity contribution in [2.75, 3.05) is 0 Å². The van der Waals surface area contributed by atoms with E-state index in [-0.39, 0.29) is 0 Å². The molecule has 0 aliphatic heterocycles. The summed E-state index contributed by atoms with van der Waals surface area (Å²) in [5, 5.41) is 0. The largest absolute Gasteiger partial charge is 0.0988 e. The second-order valence-corrected chi connectivity index (χ2v) is 2.95. The predicted octanol–water partition coefficient (Wildman–Crippen LogP) is 3.58. The number of hydrogen-bond acceptors (Lipinski definition) is 0. The summed E-state index contributed by atoms with van der Waals surface area (Å²) >= 11 is 0. The van der Waals surface area contributed by atoms with E-state index >= 15 is 0 Å². The van der Waals surface area contributed by atoms with E-state index in [0.29, 0.717) is 0 Å². The second kappa shape index (κ2) is 3.91. The van der Waals surface area contributed by atoms with E-state index in [1.165, 1.54) is 16.7 Å². The molecule has 0 radical (unpaired) electrons. The fourth-order valence-corrected chi connectivity index (χ4v) is 1.05. The zero-order valence-corrected chi connectivity index (χ0v) is 7.67. The maximum absolute atomic E-state index is 3.72. The van der Waals surface area contributed by atoms with E-state index in [2.05, 4.69) is 50.8 Å². The Morgan fingerprint density at radius 1 is 1.33 bits per heavy atom. The van der Waals surface area contributed by atoms with Crippen LogP contribution < -0.4 is 0 Å². The van der Waals surface area contributed by atoms with Gasteiger partial charge in [0, 0.05) is 0 Å². The molecule has 0 heteroatoms. The van der Waals surface area contributed by atoms with Crippen LogP contribution in [0.1, 0.15) is 18.1 Å². The van der Waals surface area contributed by atoms with Gasteiger partial charge in [-0.3, -0.25) is 0 Å². The molecule has 0 atom stereocenters. The maximum Gasteiger partial charge on any atom is -0.0225 e. The van der Waals surface area contributed by atoms with Crippen LogP contribution in [0.3, 0.4) is 0 Å². The van der Waals surface area contributed by atoms with E-state index in [0.717, 1.165) is 0 Å². The summed E-state index contributed by atoms with van der Waals surface area (Å²) in [7, 11) is 0. The number of allylic oxidation sites excluding steroid dienone is 2. The van der Waals surface area contributed by atoms with Crippen molar-refractivity contribution < 1.29 is 0 Å². The van der Waals surface area contributed by atoms with Gasteiger partial charge in [0.15, 0.2) is 0 Å². The third-order valence-corrected chi connectivity index (χ3v) is 1.89. The average Bonchev–Trinajstić information content (AvgIpc) is 2.09. The summed E-state index contributed by atoms with van der Waals surface area (Å²) in [6, 6.07) is 8.33. The van der Waals surface area contributed by atoms with Crippen molar-refractivity contribution in [1.82, 2.24) is 0 Å². The van der Waals surface area contributed by atoms with Gasteiger partial charge in [0.25, 0.3) is 0 Å². The molecule has 0 aliphatic rings. The average molecular weight is 158 g/mol. The van der Waals surface area contributed by atoms with Gasteiger partial charge in [0.1, 0.15) is 0 Å². The lowest BCUT2D eigenvalue weighted by Gasteiger charge is -1.99. The fraction of sp³-hybridized carbons (Fsp3) is 0.167. The molecule has 1 aromatic rings. The van der Waals surface area contributed by atoms with Gasteiger partial charge in [-0.05, 0) is 25.0 Å². The monoisotopic (exact) mass is 158 g/mol. The van der Waals surface area contributed by atoms with Crippen LogP contribution >= 0.6 is 0 Å². The molecule has 0 saturated heterocycles. The Morgan fingerprint density at radius 3 is 2.58 bits per heavy atom. The molecule has 0 amide bonds. The van der Waals surface area contributed by atoms with Crippen molar-refractivity contribution in [3.8, 4) is 0 Å². The summed E-state index contributed by atoms with van der Waals surface area (Å²) in [4.78, 5) is 0. The van der Waals surface area contributed by atoms with Gasteiger partial charge < -0.3 is 0 Å². The molecule has 0 heterocycles. The summed E-state index contributed by atoms with van der Waals surface area (Å²) < 4.78 is 0. The molecular formula is C12H14. The number of rotatable bonds is 2. The lowest BCUT2D eigenvalue weighted by molar-refractivity contribution is 1.43. The van der Waals surface area contributed by atoms with Gasteiger partial charge in [-0.1, -0.05) is 48.6 Å². The molecule has 62 valence electrons. The highest BCUT2D eigenvalue weighted by Crippen LogP contribution is 2.11. The van der Waals surface area contributed by atoms with E-state index in [4.69, 9.17) is 0 Å². The minimum absolute atomic E-state index is 1.20. The topological polar surface area (TPSA) is 0 Å². The Hall–Kier alpha value is -1.30. The van der Waals surface area contributed by atoms with Gasteiger partial charge >= 0.3 is 0 Å². The van der Waals surface area contributed by atoms with Crippen molar-refractivity contribution in [1.29, 1.82) is 0 Å². The Bertz CT molecular complexity index is 306. The van der Waals surface area contributed by atoms with Crippen LogP contribution in [0, 0.1) is 6.92 Å². The normalized spacial score (nSPS) is 11.3. The van der Waals surface area contributed by atoms with Gasteiger partial charge in [-0.2, -0.15) is 0 Å². The molecule has 0 aromatic heterocycles. The molecule has 12 heavy (non-hydrogen) atoms. The van der Waals surface area contributed by atoms with E-state index in [9.17, 15) is 0 Å². The van der Waals surface area contributed by atoms with E-state index < -0.39 is 0 Å². The van der Waals surface area contributed by atoms with Crippen molar-refractivity contribution in [3.63, 3.8) is 0 Å². The maximum atomic E-state index is 3.72. The van der Waals surface area contributed by atoms with Crippen LogP contribution in [-0.2, 0) is 0 Å². The molecule has 0 unspecified atom stereocenters. The Kier molecular flexibility index (Phi) is 2.87. The van der Waals surface area contributed by atoms with Crippen LogP contribution in [0.25, 0.3) is 6.08 Å². The molecule has 0 nitrogen and oxygen atoms in total. The molecule has 0 bridgehead atoms. The highest BCUT2D eigenvalue weighted by Gasteiger charge is 1.91. The third-order valence-electron chi connectivity index (χ3n) is 1.89. The summed E-state index contributed by atoms with van der Waals surface area (Å²) in [6.07, 6.45) is 4.01. The van der Waals surface area contributed by atoms with Crippen LogP contribution in [0.2, 0.25) is 0 Å². The lowest BCUT2D eigenvalue weighted by Crippen LogP contribution is -1.79. The molecule has 1 aromatic carbocycles. The highest BCUT2D eigenvalue weighted by molar-refractivity contribution is 5.57. The van der Waals surface area contributed by atoms with E-state index in [1.807, 2.05) is 6.08 Å². The Morgan fingerprint density at radius 2 is 2.00 bits per heavy atom. The fourth-order valence-electron chi connectivity index (χ4n) is 1.05. The predicted molar refractivity (Wildman–Crippen MR) is 55.0 cm³/mol.